The van der Waals surface area contributed by atoms with E-state index >= 15 is 0 Å². The van der Waals surface area contributed by atoms with Crippen molar-refractivity contribution in [1.82, 2.24) is 4.98 Å². The van der Waals surface area contributed by atoms with Crippen LogP contribution in [0.25, 0.3) is 33.8 Å². The number of oxazole rings is 1. The van der Waals surface area contributed by atoms with E-state index in [1.807, 2.05) is 36.4 Å². The highest BCUT2D eigenvalue weighted by Gasteiger charge is 2.30. The Hall–Kier alpha value is -2.58. The number of hydrogen-bond acceptors (Lipinski definition) is 3. The zero-order valence-corrected chi connectivity index (χ0v) is 19.1. The van der Waals surface area contributed by atoms with E-state index in [0.29, 0.717) is 26.0 Å². The van der Waals surface area contributed by atoms with Crippen molar-refractivity contribution in [2.75, 3.05) is 0 Å². The Morgan fingerprint density at radius 2 is 1.32 bits per heavy atom. The number of alkyl halides is 3. The second kappa shape index (κ2) is 8.16. The lowest BCUT2D eigenvalue weighted by molar-refractivity contribution is -0.137. The fraction of sp³-hybridized carbons (Fsp3) is 0.0870. The minimum atomic E-state index is -4.39. The molecule has 0 spiro atoms. The first-order valence-corrected chi connectivity index (χ1v) is 10.7. The molecule has 3 nitrogen and oxygen atoms in total. The Balaban J connectivity index is 1.63. The molecule has 1 aromatic heterocycles. The van der Waals surface area contributed by atoms with Crippen LogP contribution in [0.2, 0.25) is 0 Å². The minimum absolute atomic E-state index is 0.134. The summed E-state index contributed by atoms with van der Waals surface area (Å²) in [5.74, 6) is 0.962. The average molecular weight is 553 g/mol. The van der Waals surface area contributed by atoms with Gasteiger partial charge in [-0.1, -0.05) is 24.3 Å². The molecule has 0 amide bonds. The summed E-state index contributed by atoms with van der Waals surface area (Å²) >= 11 is 6.66. The molecule has 0 bridgehead atoms. The van der Waals surface area contributed by atoms with Crippen molar-refractivity contribution in [2.45, 2.75) is 13.1 Å². The third kappa shape index (κ3) is 4.41. The fourth-order valence-corrected chi connectivity index (χ4v) is 4.33. The lowest BCUT2D eigenvalue weighted by Crippen LogP contribution is -2.03. The number of phenols is 1. The highest BCUT2D eigenvalue weighted by molar-refractivity contribution is 9.11. The van der Waals surface area contributed by atoms with Crippen LogP contribution >= 0.6 is 31.9 Å². The minimum Gasteiger partial charge on any atom is -0.506 e. The molecule has 1 N–H and O–H groups in total. The van der Waals surface area contributed by atoms with Gasteiger partial charge in [0.1, 0.15) is 17.2 Å². The Morgan fingerprint density at radius 1 is 0.806 bits per heavy atom. The molecule has 0 aliphatic heterocycles. The van der Waals surface area contributed by atoms with Gasteiger partial charge in [0, 0.05) is 11.1 Å². The molecule has 3 aromatic carbocycles. The second-order valence-corrected chi connectivity index (χ2v) is 8.57. The zero-order valence-electron chi connectivity index (χ0n) is 16.0. The molecule has 0 radical (unpaired) electrons. The van der Waals surface area contributed by atoms with Gasteiger partial charge in [-0.25, -0.2) is 4.98 Å². The molecule has 4 aromatic rings. The van der Waals surface area contributed by atoms with E-state index in [-0.39, 0.29) is 11.6 Å². The van der Waals surface area contributed by atoms with Crippen molar-refractivity contribution in [3.8, 4) is 39.6 Å². The van der Waals surface area contributed by atoms with Crippen molar-refractivity contribution >= 4 is 31.9 Å². The van der Waals surface area contributed by atoms with Crippen LogP contribution in [0, 0.1) is 6.92 Å². The summed E-state index contributed by atoms with van der Waals surface area (Å²) in [5.41, 5.74) is 3.04. The normalized spacial score (nSPS) is 11.7. The maximum atomic E-state index is 12.8. The van der Waals surface area contributed by atoms with E-state index in [0.717, 1.165) is 28.8 Å². The number of aromatic hydroxyl groups is 1. The third-order valence-corrected chi connectivity index (χ3v) is 5.97. The molecule has 158 valence electrons. The number of aryl methyl sites for hydroxylation is 1. The van der Waals surface area contributed by atoms with Crippen LogP contribution in [-0.2, 0) is 6.18 Å². The van der Waals surface area contributed by atoms with Crippen LogP contribution in [-0.4, -0.2) is 10.1 Å². The van der Waals surface area contributed by atoms with E-state index in [4.69, 9.17) is 4.42 Å². The molecule has 31 heavy (non-hydrogen) atoms. The maximum Gasteiger partial charge on any atom is 0.416 e. The summed E-state index contributed by atoms with van der Waals surface area (Å²) < 4.78 is 45.2. The van der Waals surface area contributed by atoms with Crippen LogP contribution < -0.4 is 0 Å². The summed E-state index contributed by atoms with van der Waals surface area (Å²) in [6, 6.07) is 16.0. The Morgan fingerprint density at radius 3 is 1.87 bits per heavy atom. The van der Waals surface area contributed by atoms with Gasteiger partial charge in [0.15, 0.2) is 0 Å². The summed E-state index contributed by atoms with van der Waals surface area (Å²) in [4.78, 5) is 4.49. The summed E-state index contributed by atoms with van der Waals surface area (Å²) in [5, 5.41) is 9.88. The SMILES string of the molecule is Cc1oc(-c2ccc(C(F)(F)F)cc2)nc1-c1ccc(-c2cc(Br)c(O)c(Br)c2)cc1. The molecule has 0 saturated heterocycles. The number of phenolic OH excluding ortho intramolecular Hbond substituents is 1. The van der Waals surface area contributed by atoms with Crippen molar-refractivity contribution in [3.63, 3.8) is 0 Å². The summed E-state index contributed by atoms with van der Waals surface area (Å²) in [7, 11) is 0. The maximum absolute atomic E-state index is 12.8. The van der Waals surface area contributed by atoms with Gasteiger partial charge in [-0.3, -0.25) is 0 Å². The zero-order chi connectivity index (χ0) is 22.3. The number of nitrogens with zero attached hydrogens (tertiary/aromatic N) is 1. The van der Waals surface area contributed by atoms with E-state index in [1.54, 1.807) is 6.92 Å². The highest BCUT2D eigenvalue weighted by atomic mass is 79.9. The predicted molar refractivity (Wildman–Crippen MR) is 120 cm³/mol. The molecule has 0 fully saturated rings. The number of benzene rings is 3. The molecule has 8 heteroatoms. The first-order chi connectivity index (χ1) is 14.6. The standard InChI is InChI=1S/C23H14Br2F3NO2/c1-12-20(29-22(31-12)15-6-8-17(9-7-15)23(26,27)28)14-4-2-13(3-5-14)16-10-18(24)21(30)19(25)11-16/h2-11,30H,1H3. The van der Waals surface area contributed by atoms with E-state index in [9.17, 15) is 18.3 Å². The molecular weight excluding hydrogens is 539 g/mol. The molecule has 0 saturated carbocycles. The average Bonchev–Trinajstić information content (AvgIpc) is 3.13. The Bertz CT molecular complexity index is 1220. The molecule has 0 aliphatic carbocycles. The van der Waals surface area contributed by atoms with Crippen LogP contribution in [0.4, 0.5) is 13.2 Å². The van der Waals surface area contributed by atoms with Crippen molar-refractivity contribution < 1.29 is 22.7 Å². The fourth-order valence-electron chi connectivity index (χ4n) is 3.14. The van der Waals surface area contributed by atoms with Gasteiger partial charge in [0.2, 0.25) is 5.89 Å². The molecule has 0 aliphatic rings. The molecule has 4 rings (SSSR count). The third-order valence-electron chi connectivity index (χ3n) is 4.76. The van der Waals surface area contributed by atoms with E-state index in [1.165, 1.54) is 12.1 Å². The molecule has 0 atom stereocenters. The topological polar surface area (TPSA) is 46.3 Å². The first-order valence-electron chi connectivity index (χ1n) is 9.07. The molecular formula is C23H14Br2F3NO2. The van der Waals surface area contributed by atoms with Gasteiger partial charge >= 0.3 is 6.18 Å². The van der Waals surface area contributed by atoms with Gasteiger partial charge < -0.3 is 9.52 Å². The lowest BCUT2D eigenvalue weighted by atomic mass is 10.0. The summed E-state index contributed by atoms with van der Waals surface area (Å²) in [6.07, 6.45) is -4.39. The highest BCUT2D eigenvalue weighted by Crippen LogP contribution is 2.38. The van der Waals surface area contributed by atoms with Crippen molar-refractivity contribution in [3.05, 3.63) is 80.9 Å². The number of aromatic nitrogens is 1. The van der Waals surface area contributed by atoms with Crippen LogP contribution in [0.15, 0.2) is 74.0 Å². The van der Waals surface area contributed by atoms with Gasteiger partial charge in [0.25, 0.3) is 0 Å². The van der Waals surface area contributed by atoms with Gasteiger partial charge in [-0.2, -0.15) is 13.2 Å². The number of hydrogen-bond donors (Lipinski definition) is 1. The number of halogens is 5. The quantitative estimate of drug-likeness (QED) is 0.278. The predicted octanol–water partition coefficient (Wildman–Crippen LogP) is 8.23. The van der Waals surface area contributed by atoms with Gasteiger partial charge in [-0.15, -0.1) is 0 Å². The van der Waals surface area contributed by atoms with Crippen LogP contribution in [0.3, 0.4) is 0 Å². The van der Waals surface area contributed by atoms with Crippen molar-refractivity contribution in [1.29, 1.82) is 0 Å². The monoisotopic (exact) mass is 551 g/mol. The smallest absolute Gasteiger partial charge is 0.416 e. The number of rotatable bonds is 3. The van der Waals surface area contributed by atoms with Crippen LogP contribution in [0.5, 0.6) is 5.75 Å². The second-order valence-electron chi connectivity index (χ2n) is 6.86. The summed E-state index contributed by atoms with van der Waals surface area (Å²) in [6.45, 7) is 1.76. The van der Waals surface area contributed by atoms with E-state index < -0.39 is 11.7 Å². The molecule has 0 unspecified atom stereocenters. The largest absolute Gasteiger partial charge is 0.506 e. The van der Waals surface area contributed by atoms with Crippen molar-refractivity contribution in [2.24, 2.45) is 0 Å². The Kier molecular flexibility index (Phi) is 5.70. The van der Waals surface area contributed by atoms with Gasteiger partial charge in [0.05, 0.1) is 14.5 Å². The first kappa shape index (κ1) is 21.6. The van der Waals surface area contributed by atoms with Crippen LogP contribution in [0.1, 0.15) is 11.3 Å². The molecule has 1 heterocycles. The lowest BCUT2D eigenvalue weighted by Gasteiger charge is -2.07. The Labute approximate surface area is 192 Å². The van der Waals surface area contributed by atoms with Gasteiger partial charge in [-0.05, 0) is 86.3 Å². The van der Waals surface area contributed by atoms with E-state index in [2.05, 4.69) is 36.8 Å².